The van der Waals surface area contributed by atoms with Crippen LogP contribution in [0.2, 0.25) is 0 Å². The smallest absolute Gasteiger partial charge is 0.256 e. The Kier molecular flexibility index (Phi) is 5.87. The molecule has 1 aromatic heterocycles. The van der Waals surface area contributed by atoms with E-state index in [2.05, 4.69) is 22.7 Å². The van der Waals surface area contributed by atoms with Crippen LogP contribution in [0.4, 0.5) is 0 Å². The van der Waals surface area contributed by atoms with Crippen molar-refractivity contribution < 1.29 is 9.90 Å². The SMILES string of the molecule is CCCCn1ccnc1C1CCN(C(=O)[C@H](O)c2ccccc2)CC1. The molecule has 1 N–H and O–H groups in total. The number of carbonyl (C=O) groups excluding carboxylic acids is 1. The zero-order chi connectivity index (χ0) is 17.6. The Morgan fingerprint density at radius 3 is 2.68 bits per heavy atom. The lowest BCUT2D eigenvalue weighted by atomic mass is 9.95. The summed E-state index contributed by atoms with van der Waals surface area (Å²) in [5.41, 5.74) is 0.657. The summed E-state index contributed by atoms with van der Waals surface area (Å²) in [6, 6.07) is 9.15. The van der Waals surface area contributed by atoms with Crippen LogP contribution in [0, 0.1) is 0 Å². The van der Waals surface area contributed by atoms with Crippen molar-refractivity contribution in [1.29, 1.82) is 0 Å². The van der Waals surface area contributed by atoms with Crippen LogP contribution in [0.1, 0.15) is 56.0 Å². The molecule has 1 atom stereocenters. The van der Waals surface area contributed by atoms with Gasteiger partial charge in [0.1, 0.15) is 5.82 Å². The van der Waals surface area contributed by atoms with Gasteiger partial charge in [-0.05, 0) is 24.8 Å². The van der Waals surface area contributed by atoms with E-state index in [1.54, 1.807) is 17.0 Å². The van der Waals surface area contributed by atoms with E-state index in [9.17, 15) is 9.90 Å². The fourth-order valence-electron chi connectivity index (χ4n) is 3.51. The first-order valence-electron chi connectivity index (χ1n) is 9.23. The molecule has 5 nitrogen and oxygen atoms in total. The Hall–Kier alpha value is -2.14. The highest BCUT2D eigenvalue weighted by molar-refractivity contribution is 5.82. The van der Waals surface area contributed by atoms with Crippen LogP contribution in [0.3, 0.4) is 0 Å². The molecule has 1 aliphatic heterocycles. The van der Waals surface area contributed by atoms with Gasteiger partial charge in [0, 0.05) is 37.9 Å². The minimum atomic E-state index is -1.07. The molecule has 2 heterocycles. The van der Waals surface area contributed by atoms with Crippen molar-refractivity contribution in [3.8, 4) is 0 Å². The number of aromatic nitrogens is 2. The minimum Gasteiger partial charge on any atom is -0.378 e. The topological polar surface area (TPSA) is 58.4 Å². The molecule has 25 heavy (non-hydrogen) atoms. The molecule has 5 heteroatoms. The number of hydrogen-bond donors (Lipinski definition) is 1. The molecular weight excluding hydrogens is 314 g/mol. The van der Waals surface area contributed by atoms with Gasteiger partial charge in [-0.1, -0.05) is 43.7 Å². The van der Waals surface area contributed by atoms with Gasteiger partial charge in [0.05, 0.1) is 0 Å². The van der Waals surface area contributed by atoms with Crippen LogP contribution in [0.25, 0.3) is 0 Å². The van der Waals surface area contributed by atoms with Crippen molar-refractivity contribution in [3.05, 3.63) is 54.1 Å². The summed E-state index contributed by atoms with van der Waals surface area (Å²) >= 11 is 0. The first-order valence-corrected chi connectivity index (χ1v) is 9.23. The molecular formula is C20H27N3O2. The van der Waals surface area contributed by atoms with Crippen molar-refractivity contribution in [2.75, 3.05) is 13.1 Å². The van der Waals surface area contributed by atoms with Crippen LogP contribution in [0.15, 0.2) is 42.7 Å². The molecule has 0 spiro atoms. The summed E-state index contributed by atoms with van der Waals surface area (Å²) in [6.07, 6.45) is 6.99. The number of aryl methyl sites for hydroxylation is 1. The van der Waals surface area contributed by atoms with Crippen molar-refractivity contribution in [2.45, 2.75) is 51.2 Å². The fourth-order valence-corrected chi connectivity index (χ4v) is 3.51. The highest BCUT2D eigenvalue weighted by Gasteiger charge is 2.29. The van der Waals surface area contributed by atoms with Gasteiger partial charge in [-0.15, -0.1) is 0 Å². The van der Waals surface area contributed by atoms with E-state index in [1.165, 1.54) is 6.42 Å². The molecule has 134 valence electrons. The Balaban J connectivity index is 1.58. The van der Waals surface area contributed by atoms with Gasteiger partial charge in [0.15, 0.2) is 6.10 Å². The molecule has 2 aromatic rings. The molecule has 1 saturated heterocycles. The number of amides is 1. The van der Waals surface area contributed by atoms with Gasteiger partial charge in [-0.25, -0.2) is 4.98 Å². The number of hydrogen-bond acceptors (Lipinski definition) is 3. The quantitative estimate of drug-likeness (QED) is 0.878. The lowest BCUT2D eigenvalue weighted by Gasteiger charge is -2.33. The van der Waals surface area contributed by atoms with Crippen molar-refractivity contribution in [3.63, 3.8) is 0 Å². The Morgan fingerprint density at radius 1 is 1.28 bits per heavy atom. The Morgan fingerprint density at radius 2 is 2.00 bits per heavy atom. The molecule has 0 radical (unpaired) electrons. The summed E-state index contributed by atoms with van der Waals surface area (Å²) in [6.45, 7) is 4.55. The molecule has 1 aliphatic rings. The van der Waals surface area contributed by atoms with Gasteiger partial charge in [0.2, 0.25) is 0 Å². The Bertz CT molecular complexity index is 675. The number of likely N-dealkylation sites (tertiary alicyclic amines) is 1. The number of benzene rings is 1. The van der Waals surface area contributed by atoms with E-state index in [1.807, 2.05) is 24.4 Å². The molecule has 3 rings (SSSR count). The van der Waals surface area contributed by atoms with Gasteiger partial charge in [0.25, 0.3) is 5.91 Å². The van der Waals surface area contributed by atoms with E-state index < -0.39 is 6.10 Å². The predicted molar refractivity (Wildman–Crippen MR) is 97.1 cm³/mol. The second kappa shape index (κ2) is 8.30. The maximum Gasteiger partial charge on any atom is 0.256 e. The molecule has 0 saturated carbocycles. The number of carbonyl (C=O) groups is 1. The van der Waals surface area contributed by atoms with Crippen LogP contribution in [0.5, 0.6) is 0 Å². The summed E-state index contributed by atoms with van der Waals surface area (Å²) in [7, 11) is 0. The normalized spacial score (nSPS) is 16.8. The number of imidazole rings is 1. The van der Waals surface area contributed by atoms with Crippen LogP contribution in [-0.4, -0.2) is 38.6 Å². The molecule has 1 amide bonds. The average Bonchev–Trinajstić information content (AvgIpc) is 3.14. The first-order chi connectivity index (χ1) is 12.2. The van der Waals surface area contributed by atoms with Crippen molar-refractivity contribution in [2.24, 2.45) is 0 Å². The summed E-state index contributed by atoms with van der Waals surface area (Å²) in [4.78, 5) is 18.9. The first kappa shape index (κ1) is 17.7. The van der Waals surface area contributed by atoms with Crippen LogP contribution < -0.4 is 0 Å². The molecule has 1 aromatic carbocycles. The van der Waals surface area contributed by atoms with Crippen LogP contribution >= 0.6 is 0 Å². The van der Waals surface area contributed by atoms with E-state index >= 15 is 0 Å². The van der Waals surface area contributed by atoms with E-state index in [0.29, 0.717) is 24.6 Å². The van der Waals surface area contributed by atoms with Gasteiger partial charge >= 0.3 is 0 Å². The number of unbranched alkanes of at least 4 members (excludes halogenated alkanes) is 1. The average molecular weight is 341 g/mol. The minimum absolute atomic E-state index is 0.195. The third-order valence-electron chi connectivity index (χ3n) is 5.02. The number of piperidine rings is 1. The number of nitrogens with zero attached hydrogens (tertiary/aromatic N) is 3. The van der Waals surface area contributed by atoms with Crippen molar-refractivity contribution >= 4 is 5.91 Å². The second-order valence-electron chi connectivity index (χ2n) is 6.75. The van der Waals surface area contributed by atoms with E-state index in [0.717, 1.165) is 31.6 Å². The highest BCUT2D eigenvalue weighted by Crippen LogP contribution is 2.28. The zero-order valence-electron chi connectivity index (χ0n) is 14.8. The molecule has 0 aliphatic carbocycles. The van der Waals surface area contributed by atoms with Crippen molar-refractivity contribution in [1.82, 2.24) is 14.5 Å². The summed E-state index contributed by atoms with van der Waals surface area (Å²) in [5.74, 6) is 1.34. The number of rotatable bonds is 6. The largest absolute Gasteiger partial charge is 0.378 e. The van der Waals surface area contributed by atoms with Gasteiger partial charge < -0.3 is 14.6 Å². The van der Waals surface area contributed by atoms with Gasteiger partial charge in [-0.3, -0.25) is 4.79 Å². The lowest BCUT2D eigenvalue weighted by molar-refractivity contribution is -0.141. The van der Waals surface area contributed by atoms with Gasteiger partial charge in [-0.2, -0.15) is 0 Å². The maximum atomic E-state index is 12.6. The van der Waals surface area contributed by atoms with E-state index in [-0.39, 0.29) is 5.91 Å². The number of aliphatic hydroxyl groups excluding tert-OH is 1. The predicted octanol–water partition coefficient (Wildman–Crippen LogP) is 3.12. The molecule has 0 bridgehead atoms. The monoisotopic (exact) mass is 341 g/mol. The third-order valence-corrected chi connectivity index (χ3v) is 5.02. The third kappa shape index (κ3) is 4.10. The molecule has 0 unspecified atom stereocenters. The number of aliphatic hydroxyl groups is 1. The standard InChI is InChI=1S/C20H27N3O2/c1-2-3-12-22-15-11-21-19(22)17-9-13-23(14-10-17)20(25)18(24)16-7-5-4-6-8-16/h4-8,11,15,17-18,24H,2-3,9-10,12-14H2,1H3/t18-/m1/s1. The highest BCUT2D eigenvalue weighted by atomic mass is 16.3. The summed E-state index contributed by atoms with van der Waals surface area (Å²) in [5, 5.41) is 10.3. The zero-order valence-corrected chi connectivity index (χ0v) is 14.8. The second-order valence-corrected chi connectivity index (χ2v) is 6.75. The van der Waals surface area contributed by atoms with E-state index in [4.69, 9.17) is 0 Å². The lowest BCUT2D eigenvalue weighted by Crippen LogP contribution is -2.41. The summed E-state index contributed by atoms with van der Waals surface area (Å²) < 4.78 is 2.25. The maximum absolute atomic E-state index is 12.6. The fraction of sp³-hybridized carbons (Fsp3) is 0.500. The molecule has 1 fully saturated rings. The van der Waals surface area contributed by atoms with Crippen LogP contribution in [-0.2, 0) is 11.3 Å². The Labute approximate surface area is 149 Å².